The number of hydrogen-bond acceptors (Lipinski definition) is 13. The van der Waals surface area contributed by atoms with Gasteiger partial charge >= 0.3 is 0 Å². The zero-order valence-electron chi connectivity index (χ0n) is 33.4. The highest BCUT2D eigenvalue weighted by Gasteiger charge is 2.42. The Morgan fingerprint density at radius 3 is 2.70 bits per heavy atom. The van der Waals surface area contributed by atoms with E-state index in [0.717, 1.165) is 19.2 Å². The number of hydrogen-bond donors (Lipinski definition) is 1. The largest absolute Gasteiger partial charge is 0.378 e. The number of carbonyl (C=O) groups is 1. The number of nitrogens with one attached hydrogen (secondary N) is 1. The van der Waals surface area contributed by atoms with Crippen LogP contribution in [0.15, 0.2) is 48.8 Å². The summed E-state index contributed by atoms with van der Waals surface area (Å²) < 4.78 is 60.2. The molecule has 19 heteroatoms. The molecular formula is C41H44F3N13O3. The molecule has 4 aliphatic heterocycles. The van der Waals surface area contributed by atoms with E-state index in [4.69, 9.17) is 29.4 Å². The van der Waals surface area contributed by atoms with Gasteiger partial charge < -0.3 is 34.1 Å². The molecule has 4 aromatic heterocycles. The number of halogens is 3. The van der Waals surface area contributed by atoms with Crippen LogP contribution in [-0.2, 0) is 20.8 Å². The number of benzene rings is 2. The lowest BCUT2D eigenvalue weighted by Crippen LogP contribution is -2.58. The second-order valence-electron chi connectivity index (χ2n) is 15.8. The molecule has 1 amide bonds. The number of rotatable bonds is 5. The maximum Gasteiger partial charge on any atom is 0.245 e. The molecule has 1 unspecified atom stereocenters. The van der Waals surface area contributed by atoms with E-state index in [-0.39, 0.29) is 30.2 Å². The minimum Gasteiger partial charge on any atom is -0.378 e. The van der Waals surface area contributed by atoms with Gasteiger partial charge in [0, 0.05) is 82.9 Å². The molecule has 2 aromatic carbocycles. The maximum atomic E-state index is 15.4. The standard InChI is InChI=1S/C41H44F3N13O3/c1-4-60-28-20-52(3)39(58)35-16-26(48-40-45-8-7-32(49-40)29-13-25(43)15-33-36(29)55(21-28)23(2)47-33)18-56(35)37-30-17-46-57(34-6-5-24(42)14-31(34)44)38(30)51-41(50-37)54-10-9-53-11-12-59-22-27(53)19-54/h5-8,13-15,17,26-28,35H,4,9-12,16,18-22H2,1-3H3,(H,45,48,49)/t26-,27?,28-,35-/m0/s1. The average molecular weight is 824 g/mol. The molecule has 10 rings (SSSR count). The van der Waals surface area contributed by atoms with Crippen molar-refractivity contribution in [3.05, 3.63) is 72.1 Å². The molecule has 4 aliphatic rings. The lowest BCUT2D eigenvalue weighted by atomic mass is 10.1. The number of anilines is 3. The number of fused-ring (bicyclic) bond motifs is 7. The van der Waals surface area contributed by atoms with Gasteiger partial charge in [0.05, 0.1) is 60.2 Å². The Kier molecular flexibility index (Phi) is 9.75. The molecule has 4 atom stereocenters. The van der Waals surface area contributed by atoms with E-state index in [0.29, 0.717) is 109 Å². The van der Waals surface area contributed by atoms with Crippen molar-refractivity contribution in [3.63, 3.8) is 0 Å². The van der Waals surface area contributed by atoms with Crippen molar-refractivity contribution >= 4 is 45.7 Å². The molecule has 0 aliphatic carbocycles. The van der Waals surface area contributed by atoms with E-state index in [2.05, 4.69) is 25.2 Å². The Morgan fingerprint density at radius 1 is 0.967 bits per heavy atom. The van der Waals surface area contributed by atoms with E-state index in [1.165, 1.54) is 28.9 Å². The molecule has 4 bridgehead atoms. The van der Waals surface area contributed by atoms with Crippen molar-refractivity contribution in [2.24, 2.45) is 0 Å². The third kappa shape index (κ3) is 6.83. The summed E-state index contributed by atoms with van der Waals surface area (Å²) >= 11 is 0. The number of nitrogens with zero attached hydrogens (tertiary/aromatic N) is 12. The van der Waals surface area contributed by atoms with Crippen molar-refractivity contribution in [1.82, 2.24) is 49.1 Å². The van der Waals surface area contributed by atoms with Crippen LogP contribution in [-0.4, -0.2) is 145 Å². The number of ether oxygens (including phenoxy) is 2. The second kappa shape index (κ2) is 15.3. The van der Waals surface area contributed by atoms with Crippen molar-refractivity contribution in [2.75, 3.05) is 81.3 Å². The number of imidazole rings is 1. The van der Waals surface area contributed by atoms with Gasteiger partial charge in [0.15, 0.2) is 11.5 Å². The molecule has 3 fully saturated rings. The van der Waals surface area contributed by atoms with Crippen molar-refractivity contribution in [2.45, 2.75) is 51.0 Å². The summed E-state index contributed by atoms with van der Waals surface area (Å²) in [5.74, 6) is -0.307. The third-order valence-corrected chi connectivity index (χ3v) is 12.0. The van der Waals surface area contributed by atoms with E-state index in [9.17, 15) is 9.18 Å². The number of likely N-dealkylation sites (N-methyl/N-ethyl adjacent to an activating group) is 1. The first-order valence-corrected chi connectivity index (χ1v) is 20.3. The van der Waals surface area contributed by atoms with Crippen molar-refractivity contribution < 1.29 is 27.4 Å². The van der Waals surface area contributed by atoms with E-state index in [1.54, 1.807) is 30.4 Å². The lowest BCUT2D eigenvalue weighted by molar-refractivity contribution is -0.133. The Hall–Kier alpha value is -5.92. The van der Waals surface area contributed by atoms with Gasteiger partial charge in [-0.25, -0.2) is 32.8 Å². The maximum absolute atomic E-state index is 15.4. The summed E-state index contributed by atoms with van der Waals surface area (Å²) in [6, 6.07) is 6.98. The zero-order valence-corrected chi connectivity index (χ0v) is 33.4. The fourth-order valence-electron chi connectivity index (χ4n) is 9.19. The molecule has 8 heterocycles. The van der Waals surface area contributed by atoms with Crippen LogP contribution in [0.3, 0.4) is 0 Å². The van der Waals surface area contributed by atoms with Crippen molar-refractivity contribution in [1.29, 1.82) is 0 Å². The zero-order chi connectivity index (χ0) is 41.2. The minimum absolute atomic E-state index is 0.0214. The monoisotopic (exact) mass is 823 g/mol. The molecule has 3 saturated heterocycles. The van der Waals surface area contributed by atoms with Gasteiger partial charge in [-0.3, -0.25) is 9.69 Å². The van der Waals surface area contributed by atoms with Gasteiger partial charge in [0.25, 0.3) is 0 Å². The summed E-state index contributed by atoms with van der Waals surface area (Å²) in [5, 5.41) is 8.52. The molecule has 60 heavy (non-hydrogen) atoms. The summed E-state index contributed by atoms with van der Waals surface area (Å²) in [5.41, 5.74) is 2.59. The topological polar surface area (TPSA) is 148 Å². The van der Waals surface area contributed by atoms with Crippen LogP contribution in [0, 0.1) is 24.4 Å². The van der Waals surface area contributed by atoms with Crippen LogP contribution in [0.2, 0.25) is 0 Å². The molecule has 312 valence electrons. The molecule has 1 N–H and O–H groups in total. The summed E-state index contributed by atoms with van der Waals surface area (Å²) in [4.78, 5) is 47.3. The summed E-state index contributed by atoms with van der Waals surface area (Å²) in [6.07, 6.45) is 3.09. The van der Waals surface area contributed by atoms with Gasteiger partial charge in [-0.05, 0) is 44.5 Å². The summed E-state index contributed by atoms with van der Waals surface area (Å²) in [7, 11) is 1.76. The Balaban J connectivity index is 1.09. The SMILES string of the molecule is CCO[C@H]1CN(C)C(=O)[C@@H]2C[C@@H](CN2c2nc(N3CCN4CCOCC4C3)nc3c2cnn3-c2ccc(F)cc2F)Nc2nccc(n2)-c2cc(F)cc3nc(C)n(c23)C1. The molecular weight excluding hydrogens is 780 g/mol. The first-order chi connectivity index (χ1) is 29.1. The Labute approximate surface area is 342 Å². The quantitative estimate of drug-likeness (QED) is 0.269. The minimum atomic E-state index is -0.800. The predicted molar refractivity (Wildman–Crippen MR) is 217 cm³/mol. The molecule has 0 spiro atoms. The molecule has 0 saturated carbocycles. The van der Waals surface area contributed by atoms with Crippen LogP contribution in [0.25, 0.3) is 39.0 Å². The van der Waals surface area contributed by atoms with E-state index in [1.807, 2.05) is 23.3 Å². The smallest absolute Gasteiger partial charge is 0.245 e. The van der Waals surface area contributed by atoms with Gasteiger partial charge in [0.2, 0.25) is 17.8 Å². The van der Waals surface area contributed by atoms with E-state index < -0.39 is 29.6 Å². The lowest BCUT2D eigenvalue weighted by Gasteiger charge is -2.43. The third-order valence-electron chi connectivity index (χ3n) is 12.0. The number of aryl methyl sites for hydroxylation is 1. The van der Waals surface area contributed by atoms with E-state index >= 15 is 8.78 Å². The highest BCUT2D eigenvalue weighted by molar-refractivity contribution is 5.94. The van der Waals surface area contributed by atoms with Crippen LogP contribution in [0.1, 0.15) is 19.2 Å². The van der Waals surface area contributed by atoms with Gasteiger partial charge in [-0.2, -0.15) is 15.1 Å². The van der Waals surface area contributed by atoms with Crippen LogP contribution in [0.4, 0.5) is 30.9 Å². The number of morpholine rings is 1. The first kappa shape index (κ1) is 38.3. The molecule has 16 nitrogen and oxygen atoms in total. The van der Waals surface area contributed by atoms with Crippen LogP contribution < -0.4 is 15.1 Å². The highest BCUT2D eigenvalue weighted by atomic mass is 19.1. The Bertz CT molecular complexity index is 2620. The van der Waals surface area contributed by atoms with Crippen LogP contribution >= 0.6 is 0 Å². The summed E-state index contributed by atoms with van der Waals surface area (Å²) in [6.45, 7) is 9.17. The predicted octanol–water partition coefficient (Wildman–Crippen LogP) is 3.81. The van der Waals surface area contributed by atoms with Crippen molar-refractivity contribution in [3.8, 4) is 16.9 Å². The number of piperazine rings is 1. The number of amides is 1. The highest BCUT2D eigenvalue weighted by Crippen LogP contribution is 2.36. The molecule has 6 aromatic rings. The normalized spacial score (nSPS) is 22.6. The second-order valence-corrected chi connectivity index (χ2v) is 15.8. The number of aromatic nitrogens is 8. The van der Waals surface area contributed by atoms with Gasteiger partial charge in [-0.15, -0.1) is 0 Å². The first-order valence-electron chi connectivity index (χ1n) is 20.3. The van der Waals surface area contributed by atoms with Gasteiger partial charge in [-0.1, -0.05) is 0 Å². The average Bonchev–Trinajstić information content (AvgIpc) is 3.94. The fraction of sp³-hybridized carbons (Fsp3) is 0.439. The van der Waals surface area contributed by atoms with Gasteiger partial charge in [0.1, 0.15) is 35.0 Å². The Morgan fingerprint density at radius 2 is 1.85 bits per heavy atom. The number of carbonyl (C=O) groups excluding carboxylic acids is 1. The fourth-order valence-corrected chi connectivity index (χ4v) is 9.19. The van der Waals surface area contributed by atoms with Crippen LogP contribution in [0.5, 0.6) is 0 Å². The molecule has 0 radical (unpaired) electrons.